The highest BCUT2D eigenvalue weighted by Crippen LogP contribution is 2.38. The maximum absolute atomic E-state index is 13.6. The molecule has 1 amide bonds. The topological polar surface area (TPSA) is 86.7 Å². The Kier molecular flexibility index (Phi) is 7.96. The standard InChI is InChI=1S/C32H30N2O6/c1-4-39-31-15-21(19-35)9-13-29(31)40-20-32(36)34-27(25-12-14-28(37-2)30(17-25)38-3)18-26(33-34)24-11-10-22-7-5-6-8-23(22)16-24/h5-17,19,27H,4,18,20H2,1-3H3. The fourth-order valence-corrected chi connectivity index (χ4v) is 4.79. The molecule has 0 spiro atoms. The van der Waals surface area contributed by atoms with E-state index < -0.39 is 0 Å². The molecule has 0 saturated carbocycles. The smallest absolute Gasteiger partial charge is 0.281 e. The van der Waals surface area contributed by atoms with Crippen molar-refractivity contribution in [2.24, 2.45) is 5.10 Å². The second-order valence-corrected chi connectivity index (χ2v) is 9.23. The third-order valence-corrected chi connectivity index (χ3v) is 6.80. The molecule has 1 unspecified atom stereocenters. The van der Waals surface area contributed by atoms with Gasteiger partial charge in [0.25, 0.3) is 5.91 Å². The molecule has 4 aromatic rings. The predicted molar refractivity (Wildman–Crippen MR) is 153 cm³/mol. The Hall–Kier alpha value is -4.85. The van der Waals surface area contributed by atoms with Crippen LogP contribution in [0.5, 0.6) is 23.0 Å². The van der Waals surface area contributed by atoms with Crippen LogP contribution < -0.4 is 18.9 Å². The Morgan fingerprint density at radius 1 is 0.875 bits per heavy atom. The first-order valence-electron chi connectivity index (χ1n) is 13.0. The summed E-state index contributed by atoms with van der Waals surface area (Å²) in [6, 6.07) is 24.4. The van der Waals surface area contributed by atoms with Crippen LogP contribution in [0.2, 0.25) is 0 Å². The summed E-state index contributed by atoms with van der Waals surface area (Å²) in [6.45, 7) is 1.96. The summed E-state index contributed by atoms with van der Waals surface area (Å²) < 4.78 is 22.4. The van der Waals surface area contributed by atoms with Crippen molar-refractivity contribution < 1.29 is 28.5 Å². The van der Waals surface area contributed by atoms with Gasteiger partial charge in [0.05, 0.1) is 32.6 Å². The third kappa shape index (κ3) is 5.47. The van der Waals surface area contributed by atoms with Crippen molar-refractivity contribution in [3.8, 4) is 23.0 Å². The molecule has 0 bridgehead atoms. The summed E-state index contributed by atoms with van der Waals surface area (Å²) in [5, 5.41) is 8.50. The van der Waals surface area contributed by atoms with Crippen LogP contribution in [0.25, 0.3) is 10.8 Å². The average molecular weight is 539 g/mol. The van der Waals surface area contributed by atoms with Gasteiger partial charge in [-0.1, -0.05) is 42.5 Å². The van der Waals surface area contributed by atoms with E-state index >= 15 is 0 Å². The average Bonchev–Trinajstić information content (AvgIpc) is 3.45. The van der Waals surface area contributed by atoms with Crippen LogP contribution in [0, 0.1) is 0 Å². The van der Waals surface area contributed by atoms with E-state index in [-0.39, 0.29) is 18.6 Å². The van der Waals surface area contributed by atoms with Gasteiger partial charge in [-0.2, -0.15) is 5.10 Å². The first kappa shape index (κ1) is 26.7. The van der Waals surface area contributed by atoms with Crippen molar-refractivity contribution >= 4 is 28.7 Å². The molecule has 1 aliphatic rings. The molecule has 1 aliphatic heterocycles. The molecule has 1 atom stereocenters. The van der Waals surface area contributed by atoms with E-state index in [2.05, 4.69) is 24.3 Å². The zero-order valence-electron chi connectivity index (χ0n) is 22.6. The zero-order valence-corrected chi connectivity index (χ0v) is 22.6. The van der Waals surface area contributed by atoms with E-state index in [1.807, 2.05) is 43.3 Å². The highest BCUT2D eigenvalue weighted by Gasteiger charge is 2.34. The van der Waals surface area contributed by atoms with Crippen molar-refractivity contribution in [1.29, 1.82) is 0 Å². The summed E-state index contributed by atoms with van der Waals surface area (Å²) in [5.74, 6) is 1.62. The van der Waals surface area contributed by atoms with E-state index in [1.165, 1.54) is 5.01 Å². The Balaban J connectivity index is 1.46. The Bertz CT molecular complexity index is 1580. The van der Waals surface area contributed by atoms with Gasteiger partial charge in [0.15, 0.2) is 29.6 Å². The number of hydrogen-bond acceptors (Lipinski definition) is 7. The molecule has 0 radical (unpaired) electrons. The summed E-state index contributed by atoms with van der Waals surface area (Å²) >= 11 is 0. The van der Waals surface area contributed by atoms with Crippen LogP contribution in [0.15, 0.2) is 84.0 Å². The molecule has 1 heterocycles. The highest BCUT2D eigenvalue weighted by atomic mass is 16.5. The molecule has 8 heteroatoms. The van der Waals surface area contributed by atoms with Gasteiger partial charge in [-0.15, -0.1) is 0 Å². The van der Waals surface area contributed by atoms with Crippen LogP contribution >= 0.6 is 0 Å². The SMILES string of the molecule is CCOc1cc(C=O)ccc1OCC(=O)N1N=C(c2ccc3ccccc3c2)CC1c1ccc(OC)c(OC)c1. The first-order valence-corrected chi connectivity index (χ1v) is 13.0. The molecular formula is C32H30N2O6. The first-order chi connectivity index (χ1) is 19.5. The van der Waals surface area contributed by atoms with Gasteiger partial charge in [0, 0.05) is 12.0 Å². The number of ether oxygens (including phenoxy) is 4. The molecule has 8 nitrogen and oxygen atoms in total. The van der Waals surface area contributed by atoms with Crippen molar-refractivity contribution in [2.45, 2.75) is 19.4 Å². The normalized spacial score (nSPS) is 14.5. The summed E-state index contributed by atoms with van der Waals surface area (Å²) in [7, 11) is 3.16. The summed E-state index contributed by atoms with van der Waals surface area (Å²) in [4.78, 5) is 24.8. The van der Waals surface area contributed by atoms with Crippen molar-refractivity contribution in [3.63, 3.8) is 0 Å². The Morgan fingerprint density at radius 3 is 2.40 bits per heavy atom. The number of nitrogens with zero attached hydrogens (tertiary/aromatic N) is 2. The van der Waals surface area contributed by atoms with E-state index in [1.54, 1.807) is 32.4 Å². The monoisotopic (exact) mass is 538 g/mol. The van der Waals surface area contributed by atoms with Crippen molar-refractivity contribution in [2.75, 3.05) is 27.4 Å². The van der Waals surface area contributed by atoms with Gasteiger partial charge >= 0.3 is 0 Å². The molecule has 40 heavy (non-hydrogen) atoms. The fraction of sp³-hybridized carbons (Fsp3) is 0.219. The second kappa shape index (κ2) is 11.9. The number of carbonyl (C=O) groups is 2. The van der Waals surface area contributed by atoms with Gasteiger partial charge in [-0.25, -0.2) is 5.01 Å². The van der Waals surface area contributed by atoms with Crippen molar-refractivity contribution in [1.82, 2.24) is 5.01 Å². The van der Waals surface area contributed by atoms with Gasteiger partial charge in [-0.3, -0.25) is 9.59 Å². The molecule has 0 fully saturated rings. The van der Waals surface area contributed by atoms with Gasteiger partial charge in [0.2, 0.25) is 0 Å². The molecule has 0 N–H and O–H groups in total. The number of benzene rings is 4. The molecule has 4 aromatic carbocycles. The lowest BCUT2D eigenvalue weighted by atomic mass is 9.96. The lowest BCUT2D eigenvalue weighted by Crippen LogP contribution is -2.31. The number of rotatable bonds is 10. The molecule has 0 aromatic heterocycles. The molecule has 204 valence electrons. The number of fused-ring (bicyclic) bond motifs is 1. The molecule has 5 rings (SSSR count). The van der Waals surface area contributed by atoms with Crippen LogP contribution in [0.1, 0.15) is 40.9 Å². The van der Waals surface area contributed by atoms with Crippen LogP contribution in [-0.4, -0.2) is 50.3 Å². The fourth-order valence-electron chi connectivity index (χ4n) is 4.79. The molecular weight excluding hydrogens is 508 g/mol. The van der Waals surface area contributed by atoms with E-state index in [0.717, 1.165) is 33.9 Å². The lowest BCUT2D eigenvalue weighted by Gasteiger charge is -2.23. The number of hydrazone groups is 1. The zero-order chi connectivity index (χ0) is 28.1. The Labute approximate surface area is 232 Å². The maximum Gasteiger partial charge on any atom is 0.281 e. The predicted octanol–water partition coefficient (Wildman–Crippen LogP) is 5.82. The number of aldehydes is 1. The minimum atomic E-state index is -0.374. The summed E-state index contributed by atoms with van der Waals surface area (Å²) in [6.07, 6.45) is 1.25. The number of amides is 1. The van der Waals surface area contributed by atoms with Crippen LogP contribution in [0.4, 0.5) is 0 Å². The maximum atomic E-state index is 13.6. The van der Waals surface area contributed by atoms with E-state index in [9.17, 15) is 9.59 Å². The quantitative estimate of drug-likeness (QED) is 0.236. The second-order valence-electron chi connectivity index (χ2n) is 9.23. The Morgan fingerprint density at radius 2 is 1.65 bits per heavy atom. The van der Waals surface area contributed by atoms with Crippen LogP contribution in [0.3, 0.4) is 0 Å². The molecule has 0 aliphatic carbocycles. The largest absolute Gasteiger partial charge is 0.493 e. The van der Waals surface area contributed by atoms with E-state index in [0.29, 0.717) is 41.6 Å². The third-order valence-electron chi connectivity index (χ3n) is 6.80. The van der Waals surface area contributed by atoms with E-state index in [4.69, 9.17) is 24.0 Å². The minimum Gasteiger partial charge on any atom is -0.493 e. The number of methoxy groups -OCH3 is 2. The molecule has 0 saturated heterocycles. The van der Waals surface area contributed by atoms with Crippen molar-refractivity contribution in [3.05, 3.63) is 95.6 Å². The summed E-state index contributed by atoms with van der Waals surface area (Å²) in [5.41, 5.74) is 3.06. The number of hydrogen-bond donors (Lipinski definition) is 0. The lowest BCUT2D eigenvalue weighted by molar-refractivity contribution is -0.135. The van der Waals surface area contributed by atoms with Gasteiger partial charge < -0.3 is 18.9 Å². The van der Waals surface area contributed by atoms with Crippen LogP contribution in [-0.2, 0) is 4.79 Å². The van der Waals surface area contributed by atoms with Gasteiger partial charge in [0.1, 0.15) is 6.29 Å². The highest BCUT2D eigenvalue weighted by molar-refractivity contribution is 6.05. The number of carbonyl (C=O) groups excluding carboxylic acids is 2. The minimum absolute atomic E-state index is 0.265. The van der Waals surface area contributed by atoms with Gasteiger partial charge in [-0.05, 0) is 65.2 Å².